The van der Waals surface area contributed by atoms with Crippen molar-refractivity contribution in [2.24, 2.45) is 11.8 Å². The van der Waals surface area contributed by atoms with E-state index in [2.05, 4.69) is 32.3 Å². The third-order valence-corrected chi connectivity index (χ3v) is 5.08. The van der Waals surface area contributed by atoms with E-state index in [1.165, 1.54) is 38.6 Å². The van der Waals surface area contributed by atoms with E-state index in [4.69, 9.17) is 0 Å². The molecule has 1 aliphatic rings. The molecule has 0 bridgehead atoms. The first-order valence-electron chi connectivity index (χ1n) is 6.91. The van der Waals surface area contributed by atoms with Gasteiger partial charge < -0.3 is 5.32 Å². The summed E-state index contributed by atoms with van der Waals surface area (Å²) in [7, 11) is 0. The molecule has 0 heterocycles. The Morgan fingerprint density at radius 1 is 1.19 bits per heavy atom. The summed E-state index contributed by atoms with van der Waals surface area (Å²) < 4.78 is 0. The summed E-state index contributed by atoms with van der Waals surface area (Å²) in [6, 6.07) is 0.794. The minimum absolute atomic E-state index is 0.794. The van der Waals surface area contributed by atoms with Crippen LogP contribution < -0.4 is 5.32 Å². The van der Waals surface area contributed by atoms with Gasteiger partial charge in [-0.2, -0.15) is 11.8 Å². The molecular weight excluding hydrogens is 214 g/mol. The maximum Gasteiger partial charge on any atom is 0.00977 e. The summed E-state index contributed by atoms with van der Waals surface area (Å²) in [5, 5.41) is 4.60. The van der Waals surface area contributed by atoms with Crippen molar-refractivity contribution >= 4 is 11.8 Å². The summed E-state index contributed by atoms with van der Waals surface area (Å²) in [4.78, 5) is 0. The van der Waals surface area contributed by atoms with Crippen molar-refractivity contribution in [2.75, 3.05) is 12.8 Å². The first-order chi connectivity index (χ1) is 7.65. The maximum atomic E-state index is 3.80. The van der Waals surface area contributed by atoms with Crippen molar-refractivity contribution in [1.29, 1.82) is 0 Å². The van der Waals surface area contributed by atoms with E-state index in [1.54, 1.807) is 0 Å². The van der Waals surface area contributed by atoms with Gasteiger partial charge in [0.15, 0.2) is 0 Å². The molecule has 0 amide bonds. The van der Waals surface area contributed by atoms with Gasteiger partial charge in [-0.15, -0.1) is 0 Å². The number of rotatable bonds is 6. The lowest BCUT2D eigenvalue weighted by molar-refractivity contribution is 0.206. The van der Waals surface area contributed by atoms with Crippen molar-refractivity contribution in [1.82, 2.24) is 5.32 Å². The minimum Gasteiger partial charge on any atom is -0.314 e. The molecule has 16 heavy (non-hydrogen) atoms. The van der Waals surface area contributed by atoms with Gasteiger partial charge in [0.2, 0.25) is 0 Å². The Balaban J connectivity index is 2.27. The zero-order chi connectivity index (χ0) is 12.0. The van der Waals surface area contributed by atoms with Gasteiger partial charge in [0, 0.05) is 11.3 Å². The van der Waals surface area contributed by atoms with Crippen LogP contribution in [0.1, 0.15) is 52.9 Å². The van der Waals surface area contributed by atoms with Gasteiger partial charge in [-0.1, -0.05) is 33.6 Å². The molecule has 1 aliphatic carbocycles. The first kappa shape index (κ1) is 14.4. The highest BCUT2D eigenvalue weighted by molar-refractivity contribution is 7.99. The molecule has 96 valence electrons. The lowest BCUT2D eigenvalue weighted by atomic mass is 9.78. The van der Waals surface area contributed by atoms with Gasteiger partial charge in [-0.05, 0) is 43.9 Å². The summed E-state index contributed by atoms with van der Waals surface area (Å²) in [5.41, 5.74) is 0. The molecule has 1 rings (SSSR count). The van der Waals surface area contributed by atoms with E-state index in [9.17, 15) is 0 Å². The summed E-state index contributed by atoms with van der Waals surface area (Å²) in [6.45, 7) is 8.30. The van der Waals surface area contributed by atoms with Crippen molar-refractivity contribution < 1.29 is 0 Å². The second kappa shape index (κ2) is 7.60. The topological polar surface area (TPSA) is 12.0 Å². The van der Waals surface area contributed by atoms with Crippen LogP contribution in [-0.2, 0) is 0 Å². The largest absolute Gasteiger partial charge is 0.314 e. The van der Waals surface area contributed by atoms with Gasteiger partial charge in [0.25, 0.3) is 0 Å². The molecule has 3 unspecified atom stereocenters. The molecule has 0 aromatic heterocycles. The molecule has 3 atom stereocenters. The Labute approximate surface area is 106 Å². The smallest absolute Gasteiger partial charge is 0.00977 e. The lowest BCUT2D eigenvalue weighted by Crippen LogP contribution is -2.41. The third kappa shape index (κ3) is 4.67. The second-order valence-electron chi connectivity index (χ2n) is 5.59. The van der Waals surface area contributed by atoms with Crippen LogP contribution in [0.5, 0.6) is 0 Å². The normalized spacial score (nSPS) is 28.3. The van der Waals surface area contributed by atoms with Crippen LogP contribution in [0, 0.1) is 11.8 Å². The molecule has 1 N–H and O–H groups in total. The van der Waals surface area contributed by atoms with Crippen molar-refractivity contribution in [3.63, 3.8) is 0 Å². The number of thioether (sulfide) groups is 1. The molecule has 2 heteroatoms. The molecule has 0 aromatic carbocycles. The Kier molecular flexibility index (Phi) is 6.83. The number of nitrogens with one attached hydrogen (secondary N) is 1. The number of hydrogen-bond acceptors (Lipinski definition) is 2. The van der Waals surface area contributed by atoms with Crippen LogP contribution in [0.4, 0.5) is 0 Å². The highest BCUT2D eigenvalue weighted by atomic mass is 32.2. The fraction of sp³-hybridized carbons (Fsp3) is 1.00. The molecular formula is C14H29NS. The summed E-state index contributed by atoms with van der Waals surface area (Å²) in [5.74, 6) is 1.76. The molecule has 0 aliphatic heterocycles. The average Bonchev–Trinajstić information content (AvgIpc) is 2.29. The van der Waals surface area contributed by atoms with Crippen molar-refractivity contribution in [3.8, 4) is 0 Å². The predicted octanol–water partition coefficient (Wildman–Crippen LogP) is 3.93. The van der Waals surface area contributed by atoms with E-state index < -0.39 is 0 Å². The van der Waals surface area contributed by atoms with Crippen LogP contribution >= 0.6 is 11.8 Å². The number of hydrogen-bond donors (Lipinski definition) is 1. The molecule has 0 aromatic rings. The fourth-order valence-electron chi connectivity index (χ4n) is 2.80. The zero-order valence-electron chi connectivity index (χ0n) is 11.5. The van der Waals surface area contributed by atoms with Gasteiger partial charge in [-0.3, -0.25) is 0 Å². The standard InChI is InChI=1S/C14H29NS/c1-11(2)13-7-5-6-8-14(13)15-10-9-12(3)16-4/h11-15H,5-10H2,1-4H3. The van der Waals surface area contributed by atoms with E-state index in [0.717, 1.165) is 23.1 Å². The van der Waals surface area contributed by atoms with Crippen molar-refractivity contribution in [2.45, 2.75) is 64.2 Å². The van der Waals surface area contributed by atoms with Crippen LogP contribution in [0.25, 0.3) is 0 Å². The molecule has 1 saturated carbocycles. The Morgan fingerprint density at radius 2 is 1.88 bits per heavy atom. The Morgan fingerprint density at radius 3 is 2.50 bits per heavy atom. The predicted molar refractivity (Wildman–Crippen MR) is 76.2 cm³/mol. The highest BCUT2D eigenvalue weighted by Gasteiger charge is 2.26. The minimum atomic E-state index is 0.794. The molecule has 1 nitrogen and oxygen atoms in total. The van der Waals surface area contributed by atoms with Crippen LogP contribution in [-0.4, -0.2) is 24.1 Å². The van der Waals surface area contributed by atoms with Gasteiger partial charge >= 0.3 is 0 Å². The SMILES string of the molecule is CSC(C)CCNC1CCCCC1C(C)C. The van der Waals surface area contributed by atoms with Crippen LogP contribution in [0.15, 0.2) is 0 Å². The Bertz CT molecular complexity index is 182. The van der Waals surface area contributed by atoms with Gasteiger partial charge in [-0.25, -0.2) is 0 Å². The van der Waals surface area contributed by atoms with E-state index in [-0.39, 0.29) is 0 Å². The fourth-order valence-corrected chi connectivity index (χ4v) is 3.15. The van der Waals surface area contributed by atoms with Crippen LogP contribution in [0.2, 0.25) is 0 Å². The van der Waals surface area contributed by atoms with E-state index in [0.29, 0.717) is 0 Å². The Hall–Kier alpha value is 0.310. The highest BCUT2D eigenvalue weighted by Crippen LogP contribution is 2.30. The van der Waals surface area contributed by atoms with Gasteiger partial charge in [0.05, 0.1) is 0 Å². The van der Waals surface area contributed by atoms with Crippen LogP contribution in [0.3, 0.4) is 0 Å². The summed E-state index contributed by atoms with van der Waals surface area (Å²) >= 11 is 1.98. The quantitative estimate of drug-likeness (QED) is 0.758. The monoisotopic (exact) mass is 243 g/mol. The van der Waals surface area contributed by atoms with Crippen molar-refractivity contribution in [3.05, 3.63) is 0 Å². The third-order valence-electron chi connectivity index (χ3n) is 4.04. The molecule has 0 radical (unpaired) electrons. The van der Waals surface area contributed by atoms with E-state index >= 15 is 0 Å². The van der Waals surface area contributed by atoms with Gasteiger partial charge in [0.1, 0.15) is 0 Å². The first-order valence-corrected chi connectivity index (χ1v) is 8.20. The second-order valence-corrected chi connectivity index (χ2v) is 6.86. The zero-order valence-corrected chi connectivity index (χ0v) is 12.3. The molecule has 0 spiro atoms. The molecule has 1 fully saturated rings. The average molecular weight is 243 g/mol. The maximum absolute atomic E-state index is 3.80. The lowest BCUT2D eigenvalue weighted by Gasteiger charge is -2.35. The molecule has 0 saturated heterocycles. The van der Waals surface area contributed by atoms with E-state index in [1.807, 2.05) is 11.8 Å². The summed E-state index contributed by atoms with van der Waals surface area (Å²) in [6.07, 6.45) is 9.23.